The van der Waals surface area contributed by atoms with Gasteiger partial charge in [-0.05, 0) is 63.2 Å². The van der Waals surface area contributed by atoms with Crippen LogP contribution in [0.2, 0.25) is 5.02 Å². The smallest absolute Gasteiger partial charge is 0.220 e. The Balaban J connectivity index is 0.00000169. The summed E-state index contributed by atoms with van der Waals surface area (Å²) in [6, 6.07) is 8.19. The first kappa shape index (κ1) is 23.4. The Hall–Kier alpha value is -0.680. The maximum absolute atomic E-state index is 12.3. The van der Waals surface area contributed by atoms with Crippen LogP contribution in [-0.2, 0) is 4.79 Å². The summed E-state index contributed by atoms with van der Waals surface area (Å²) in [4.78, 5) is 14.6. The minimum Gasteiger partial charge on any atom is -0.368 e. The number of halogens is 3. The number of benzene rings is 1. The lowest BCUT2D eigenvalue weighted by molar-refractivity contribution is -0.122. The number of nitrogens with zero attached hydrogens (tertiary/aromatic N) is 1. The topological polar surface area (TPSA) is 44.4 Å². The molecule has 2 aliphatic heterocycles. The highest BCUT2D eigenvalue weighted by atomic mass is 35.5. The zero-order valence-corrected chi connectivity index (χ0v) is 17.5. The third-order valence-corrected chi connectivity index (χ3v) is 5.54. The van der Waals surface area contributed by atoms with E-state index in [0.717, 1.165) is 56.2 Å². The van der Waals surface area contributed by atoms with Crippen molar-refractivity contribution in [2.45, 2.75) is 44.6 Å². The molecule has 1 aromatic rings. The minimum atomic E-state index is 0. The third-order valence-electron chi connectivity index (χ3n) is 5.22. The first-order chi connectivity index (χ1) is 11.7. The summed E-state index contributed by atoms with van der Waals surface area (Å²) in [5, 5.41) is 7.40. The van der Waals surface area contributed by atoms with Crippen LogP contribution < -0.4 is 15.5 Å². The van der Waals surface area contributed by atoms with E-state index in [9.17, 15) is 4.79 Å². The number of carbonyl (C=O) groups is 1. The second-order valence-corrected chi connectivity index (χ2v) is 7.44. The lowest BCUT2D eigenvalue weighted by Crippen LogP contribution is -2.48. The Bertz CT molecular complexity index is 553. The largest absolute Gasteiger partial charge is 0.368 e. The fraction of sp³-hybridized carbons (Fsp3) is 0.632. The van der Waals surface area contributed by atoms with Crippen LogP contribution in [0.3, 0.4) is 0 Å². The van der Waals surface area contributed by atoms with Gasteiger partial charge in [-0.25, -0.2) is 0 Å². The molecule has 4 nitrogen and oxygen atoms in total. The molecule has 2 saturated heterocycles. The van der Waals surface area contributed by atoms with Crippen LogP contribution >= 0.6 is 36.4 Å². The Morgan fingerprint density at radius 1 is 1.19 bits per heavy atom. The highest BCUT2D eigenvalue weighted by Crippen LogP contribution is 2.27. The number of nitrogens with one attached hydrogen (secondary N) is 2. The zero-order chi connectivity index (χ0) is 16.8. The molecule has 0 aliphatic carbocycles. The number of carbonyl (C=O) groups excluding carboxylic acids is 1. The third kappa shape index (κ3) is 6.80. The Morgan fingerprint density at radius 3 is 2.65 bits per heavy atom. The molecule has 1 amide bonds. The molecule has 0 spiro atoms. The second kappa shape index (κ2) is 11.9. The minimum absolute atomic E-state index is 0. The highest BCUT2D eigenvalue weighted by molar-refractivity contribution is 6.33. The van der Waals surface area contributed by atoms with E-state index in [0.29, 0.717) is 12.3 Å². The van der Waals surface area contributed by atoms with E-state index < -0.39 is 0 Å². The van der Waals surface area contributed by atoms with E-state index >= 15 is 0 Å². The fourth-order valence-electron chi connectivity index (χ4n) is 3.83. The van der Waals surface area contributed by atoms with Gasteiger partial charge >= 0.3 is 0 Å². The quantitative estimate of drug-likeness (QED) is 0.752. The molecule has 2 fully saturated rings. The van der Waals surface area contributed by atoms with Gasteiger partial charge in [-0.3, -0.25) is 4.79 Å². The van der Waals surface area contributed by atoms with E-state index in [1.807, 2.05) is 18.2 Å². The van der Waals surface area contributed by atoms with Gasteiger partial charge in [0.25, 0.3) is 0 Å². The molecule has 0 saturated carbocycles. The predicted octanol–water partition coefficient (Wildman–Crippen LogP) is 4.05. The van der Waals surface area contributed by atoms with Gasteiger partial charge in [-0.2, -0.15) is 0 Å². The maximum Gasteiger partial charge on any atom is 0.220 e. The Morgan fingerprint density at radius 2 is 1.92 bits per heavy atom. The van der Waals surface area contributed by atoms with E-state index in [1.165, 1.54) is 12.8 Å². The molecular weight excluding hydrogens is 393 g/mol. The van der Waals surface area contributed by atoms with E-state index in [4.69, 9.17) is 11.6 Å². The molecule has 2 heterocycles. The van der Waals surface area contributed by atoms with Gasteiger partial charge in [0.1, 0.15) is 0 Å². The van der Waals surface area contributed by atoms with Crippen LogP contribution in [-0.4, -0.2) is 38.1 Å². The molecule has 2 aliphatic rings. The molecule has 1 aromatic carbocycles. The molecule has 7 heteroatoms. The molecule has 1 atom stereocenters. The van der Waals surface area contributed by atoms with Gasteiger partial charge in [0, 0.05) is 25.6 Å². The average molecular weight is 423 g/mol. The molecule has 0 bridgehead atoms. The van der Waals surface area contributed by atoms with Gasteiger partial charge < -0.3 is 15.5 Å². The fourth-order valence-corrected chi connectivity index (χ4v) is 4.08. The van der Waals surface area contributed by atoms with Crippen molar-refractivity contribution in [3.05, 3.63) is 29.3 Å². The number of anilines is 1. The normalized spacial score (nSPS) is 20.7. The predicted molar refractivity (Wildman–Crippen MR) is 114 cm³/mol. The van der Waals surface area contributed by atoms with Crippen LogP contribution in [0.1, 0.15) is 38.5 Å². The summed E-state index contributed by atoms with van der Waals surface area (Å²) < 4.78 is 0. The van der Waals surface area contributed by atoms with Crippen LogP contribution in [0.25, 0.3) is 0 Å². The van der Waals surface area contributed by atoms with Crippen LogP contribution in [0.15, 0.2) is 24.3 Å². The van der Waals surface area contributed by atoms with Crippen molar-refractivity contribution >= 4 is 48.0 Å². The molecule has 0 aromatic heterocycles. The molecule has 2 N–H and O–H groups in total. The van der Waals surface area contributed by atoms with Crippen LogP contribution in [0.5, 0.6) is 0 Å². The Kier molecular flexibility index (Phi) is 10.7. The number of rotatable bonds is 5. The van der Waals surface area contributed by atoms with Crippen LogP contribution in [0, 0.1) is 5.92 Å². The Labute approximate surface area is 174 Å². The second-order valence-electron chi connectivity index (χ2n) is 7.04. The highest BCUT2D eigenvalue weighted by Gasteiger charge is 2.23. The average Bonchev–Trinajstić information content (AvgIpc) is 2.61. The van der Waals surface area contributed by atoms with Gasteiger partial charge in [0.2, 0.25) is 5.91 Å². The van der Waals surface area contributed by atoms with Crippen molar-refractivity contribution in [3.8, 4) is 0 Å². The van der Waals surface area contributed by atoms with Crippen molar-refractivity contribution in [1.82, 2.24) is 10.6 Å². The summed E-state index contributed by atoms with van der Waals surface area (Å²) in [6.45, 7) is 4.05. The van der Waals surface area contributed by atoms with E-state index in [-0.39, 0.29) is 36.8 Å². The monoisotopic (exact) mass is 421 g/mol. The molecule has 3 rings (SSSR count). The number of hydrogen-bond acceptors (Lipinski definition) is 3. The lowest BCUT2D eigenvalue weighted by Gasteiger charge is -2.35. The zero-order valence-electron chi connectivity index (χ0n) is 15.1. The van der Waals surface area contributed by atoms with Crippen molar-refractivity contribution in [3.63, 3.8) is 0 Å². The molecular formula is C19H30Cl3N3O. The van der Waals surface area contributed by atoms with Crippen molar-refractivity contribution in [2.75, 3.05) is 31.1 Å². The summed E-state index contributed by atoms with van der Waals surface area (Å²) in [5.41, 5.74) is 1.08. The summed E-state index contributed by atoms with van der Waals surface area (Å²) in [6.07, 6.45) is 6.24. The summed E-state index contributed by atoms with van der Waals surface area (Å²) in [7, 11) is 0. The van der Waals surface area contributed by atoms with E-state index in [2.05, 4.69) is 21.6 Å². The van der Waals surface area contributed by atoms with Gasteiger partial charge in [0.15, 0.2) is 0 Å². The number of hydrogen-bond donors (Lipinski definition) is 2. The summed E-state index contributed by atoms with van der Waals surface area (Å²) >= 11 is 6.31. The molecule has 1 unspecified atom stereocenters. The van der Waals surface area contributed by atoms with Crippen LogP contribution in [0.4, 0.5) is 5.69 Å². The van der Waals surface area contributed by atoms with Gasteiger partial charge in [-0.1, -0.05) is 23.7 Å². The molecule has 26 heavy (non-hydrogen) atoms. The maximum atomic E-state index is 12.3. The SMILES string of the molecule is Cl.Cl.O=C(CCC1CCNCC1)NC1CCCN(c2ccccc2Cl)C1. The number of amides is 1. The van der Waals surface area contributed by atoms with Crippen molar-refractivity contribution in [1.29, 1.82) is 0 Å². The van der Waals surface area contributed by atoms with Gasteiger partial charge in [-0.15, -0.1) is 24.8 Å². The molecule has 0 radical (unpaired) electrons. The van der Waals surface area contributed by atoms with Crippen molar-refractivity contribution in [2.24, 2.45) is 5.92 Å². The van der Waals surface area contributed by atoms with E-state index in [1.54, 1.807) is 0 Å². The standard InChI is InChI=1S/C19H28ClN3O.2ClH/c20-17-5-1-2-6-18(17)23-13-3-4-16(14-23)22-19(24)8-7-15-9-11-21-12-10-15;;/h1-2,5-6,15-16,21H,3-4,7-14H2,(H,22,24);2*1H. The van der Waals surface area contributed by atoms with Gasteiger partial charge in [0.05, 0.1) is 10.7 Å². The summed E-state index contributed by atoms with van der Waals surface area (Å²) in [5.74, 6) is 0.919. The number of piperidine rings is 2. The van der Waals surface area contributed by atoms with Crippen molar-refractivity contribution < 1.29 is 4.79 Å². The first-order valence-electron chi connectivity index (χ1n) is 9.22. The first-order valence-corrected chi connectivity index (χ1v) is 9.60. The molecule has 148 valence electrons. The number of para-hydroxylation sites is 1. The lowest BCUT2D eigenvalue weighted by atomic mass is 9.93.